The zero-order chi connectivity index (χ0) is 12.4. The lowest BCUT2D eigenvalue weighted by Crippen LogP contribution is -2.06. The first-order chi connectivity index (χ1) is 8.17. The SMILES string of the molecule is CNCc1oc2c(Cl)cc(Br)cc2c1COC. The zero-order valence-corrected chi connectivity index (χ0v) is 12.0. The van der Waals surface area contributed by atoms with Crippen molar-refractivity contribution in [2.24, 2.45) is 0 Å². The summed E-state index contributed by atoms with van der Waals surface area (Å²) in [6.07, 6.45) is 0. The average molecular weight is 319 g/mol. The van der Waals surface area contributed by atoms with Crippen LogP contribution in [-0.4, -0.2) is 14.2 Å². The fraction of sp³-hybridized carbons (Fsp3) is 0.333. The van der Waals surface area contributed by atoms with Crippen LogP contribution in [0.5, 0.6) is 0 Å². The van der Waals surface area contributed by atoms with Crippen molar-refractivity contribution in [2.75, 3.05) is 14.2 Å². The Hall–Kier alpha value is -0.550. The molecule has 0 bridgehead atoms. The lowest BCUT2D eigenvalue weighted by atomic mass is 10.1. The van der Waals surface area contributed by atoms with Crippen LogP contribution in [-0.2, 0) is 17.9 Å². The highest BCUT2D eigenvalue weighted by atomic mass is 79.9. The van der Waals surface area contributed by atoms with Gasteiger partial charge in [0.2, 0.25) is 0 Å². The van der Waals surface area contributed by atoms with Crippen LogP contribution in [0.2, 0.25) is 5.02 Å². The predicted octanol–water partition coefficient (Wildman–Crippen LogP) is 3.71. The molecule has 1 aromatic carbocycles. The molecule has 0 fully saturated rings. The quantitative estimate of drug-likeness (QED) is 0.933. The van der Waals surface area contributed by atoms with E-state index >= 15 is 0 Å². The van der Waals surface area contributed by atoms with Gasteiger partial charge >= 0.3 is 0 Å². The first kappa shape index (κ1) is 12.9. The number of hydrogen-bond donors (Lipinski definition) is 1. The fourth-order valence-corrected chi connectivity index (χ4v) is 2.68. The Morgan fingerprint density at radius 3 is 2.88 bits per heavy atom. The summed E-state index contributed by atoms with van der Waals surface area (Å²) in [6.45, 7) is 1.16. The molecule has 0 radical (unpaired) electrons. The van der Waals surface area contributed by atoms with Crippen LogP contribution in [0.3, 0.4) is 0 Å². The van der Waals surface area contributed by atoms with E-state index in [1.165, 1.54) is 0 Å². The van der Waals surface area contributed by atoms with Crippen LogP contribution in [0, 0.1) is 0 Å². The number of fused-ring (bicyclic) bond motifs is 1. The van der Waals surface area contributed by atoms with Crippen molar-refractivity contribution in [2.45, 2.75) is 13.2 Å². The zero-order valence-electron chi connectivity index (χ0n) is 9.64. The van der Waals surface area contributed by atoms with Crippen molar-refractivity contribution < 1.29 is 9.15 Å². The van der Waals surface area contributed by atoms with Gasteiger partial charge in [-0.1, -0.05) is 27.5 Å². The molecule has 92 valence electrons. The maximum atomic E-state index is 6.16. The topological polar surface area (TPSA) is 34.4 Å². The summed E-state index contributed by atoms with van der Waals surface area (Å²) in [6, 6.07) is 3.82. The highest BCUT2D eigenvalue weighted by molar-refractivity contribution is 9.10. The van der Waals surface area contributed by atoms with Gasteiger partial charge in [0.05, 0.1) is 18.2 Å². The van der Waals surface area contributed by atoms with Gasteiger partial charge in [0.1, 0.15) is 5.76 Å². The molecular weight excluding hydrogens is 305 g/mol. The highest BCUT2D eigenvalue weighted by Gasteiger charge is 2.16. The molecule has 0 aliphatic rings. The Labute approximate surface area is 113 Å². The van der Waals surface area contributed by atoms with Crippen LogP contribution in [0.1, 0.15) is 11.3 Å². The monoisotopic (exact) mass is 317 g/mol. The van der Waals surface area contributed by atoms with Gasteiger partial charge in [-0.3, -0.25) is 0 Å². The number of rotatable bonds is 4. The fourth-order valence-electron chi connectivity index (χ4n) is 1.83. The van der Waals surface area contributed by atoms with Crippen molar-refractivity contribution >= 4 is 38.5 Å². The van der Waals surface area contributed by atoms with Gasteiger partial charge in [-0.2, -0.15) is 0 Å². The number of nitrogens with one attached hydrogen (secondary N) is 1. The van der Waals surface area contributed by atoms with Gasteiger partial charge in [-0.05, 0) is 19.2 Å². The first-order valence-electron chi connectivity index (χ1n) is 5.20. The molecule has 0 spiro atoms. The number of benzene rings is 1. The molecule has 0 aliphatic carbocycles. The maximum Gasteiger partial charge on any atom is 0.153 e. The van der Waals surface area contributed by atoms with Crippen molar-refractivity contribution in [3.63, 3.8) is 0 Å². The number of halogens is 2. The van der Waals surface area contributed by atoms with E-state index in [1.54, 1.807) is 7.11 Å². The number of hydrogen-bond acceptors (Lipinski definition) is 3. The van der Waals surface area contributed by atoms with Crippen LogP contribution in [0.15, 0.2) is 21.0 Å². The van der Waals surface area contributed by atoms with E-state index in [1.807, 2.05) is 19.2 Å². The average Bonchev–Trinajstić information content (AvgIpc) is 2.59. The molecule has 2 aromatic rings. The molecule has 5 heteroatoms. The molecule has 0 atom stereocenters. The van der Waals surface area contributed by atoms with E-state index in [4.69, 9.17) is 20.8 Å². The normalized spacial score (nSPS) is 11.3. The minimum absolute atomic E-state index is 0.511. The van der Waals surface area contributed by atoms with Crippen LogP contribution in [0.25, 0.3) is 11.0 Å². The molecule has 0 unspecified atom stereocenters. The van der Waals surface area contributed by atoms with Crippen LogP contribution in [0.4, 0.5) is 0 Å². The van der Waals surface area contributed by atoms with Crippen molar-refractivity contribution in [1.29, 1.82) is 0 Å². The van der Waals surface area contributed by atoms with E-state index < -0.39 is 0 Å². The molecule has 1 aromatic heterocycles. The summed E-state index contributed by atoms with van der Waals surface area (Å²) in [5.41, 5.74) is 1.76. The van der Waals surface area contributed by atoms with Crippen molar-refractivity contribution in [1.82, 2.24) is 5.32 Å². The first-order valence-corrected chi connectivity index (χ1v) is 6.37. The molecule has 1 heterocycles. The Kier molecular flexibility index (Phi) is 4.09. The maximum absolute atomic E-state index is 6.16. The highest BCUT2D eigenvalue weighted by Crippen LogP contribution is 2.34. The smallest absolute Gasteiger partial charge is 0.153 e. The lowest BCUT2D eigenvalue weighted by molar-refractivity contribution is 0.183. The second-order valence-corrected chi connectivity index (χ2v) is 5.05. The Morgan fingerprint density at radius 2 is 2.24 bits per heavy atom. The third-order valence-electron chi connectivity index (χ3n) is 2.52. The van der Waals surface area contributed by atoms with Crippen molar-refractivity contribution in [3.05, 3.63) is 33.0 Å². The van der Waals surface area contributed by atoms with E-state index in [0.717, 1.165) is 21.2 Å². The molecular formula is C12H13BrClNO2. The molecule has 0 amide bonds. The number of methoxy groups -OCH3 is 1. The van der Waals surface area contributed by atoms with E-state index in [-0.39, 0.29) is 0 Å². The minimum atomic E-state index is 0.511. The van der Waals surface area contributed by atoms with Crippen LogP contribution >= 0.6 is 27.5 Å². The molecule has 0 aliphatic heterocycles. The summed E-state index contributed by atoms with van der Waals surface area (Å²) < 4.78 is 11.9. The summed E-state index contributed by atoms with van der Waals surface area (Å²) in [5, 5.41) is 4.68. The standard InChI is InChI=1S/C12H13BrClNO2/c1-15-5-11-9(6-16-2)8-3-7(13)4-10(14)12(8)17-11/h3-4,15H,5-6H2,1-2H3. The predicted molar refractivity (Wildman–Crippen MR) is 72.4 cm³/mol. The summed E-state index contributed by atoms with van der Waals surface area (Å²) in [7, 11) is 3.54. The molecule has 17 heavy (non-hydrogen) atoms. The Bertz CT molecular complexity index is 539. The lowest BCUT2D eigenvalue weighted by Gasteiger charge is -2.01. The van der Waals surface area contributed by atoms with E-state index in [2.05, 4.69) is 21.2 Å². The summed E-state index contributed by atoms with van der Waals surface area (Å²) >= 11 is 9.60. The largest absolute Gasteiger partial charge is 0.458 e. The van der Waals surface area contributed by atoms with Gasteiger partial charge < -0.3 is 14.5 Å². The van der Waals surface area contributed by atoms with Gasteiger partial charge in [0.25, 0.3) is 0 Å². The van der Waals surface area contributed by atoms with Gasteiger partial charge in [-0.25, -0.2) is 0 Å². The van der Waals surface area contributed by atoms with Gasteiger partial charge in [-0.15, -0.1) is 0 Å². The second kappa shape index (κ2) is 5.40. The van der Waals surface area contributed by atoms with Crippen molar-refractivity contribution in [3.8, 4) is 0 Å². The number of furan rings is 1. The van der Waals surface area contributed by atoms with Gasteiger partial charge in [0, 0.05) is 22.5 Å². The molecule has 0 saturated carbocycles. The van der Waals surface area contributed by atoms with Gasteiger partial charge in [0.15, 0.2) is 5.58 Å². The molecule has 0 saturated heterocycles. The van der Waals surface area contributed by atoms with E-state index in [0.29, 0.717) is 23.8 Å². The third-order valence-corrected chi connectivity index (χ3v) is 3.26. The summed E-state index contributed by atoms with van der Waals surface area (Å²) in [4.78, 5) is 0. The summed E-state index contributed by atoms with van der Waals surface area (Å²) in [5.74, 6) is 0.865. The third kappa shape index (κ3) is 2.50. The van der Waals surface area contributed by atoms with E-state index in [9.17, 15) is 0 Å². The molecule has 2 rings (SSSR count). The Balaban J connectivity index is 2.66. The minimum Gasteiger partial charge on any atom is -0.458 e. The molecule has 3 nitrogen and oxygen atoms in total. The van der Waals surface area contributed by atoms with Crippen LogP contribution < -0.4 is 5.32 Å². The number of ether oxygens (including phenoxy) is 1. The second-order valence-electron chi connectivity index (χ2n) is 3.73. The Morgan fingerprint density at radius 1 is 1.47 bits per heavy atom. The molecule has 1 N–H and O–H groups in total.